The molecular formula is C20H22N4O6S2. The summed E-state index contributed by atoms with van der Waals surface area (Å²) in [5, 5.41) is 10.1. The Morgan fingerprint density at radius 3 is 2.31 bits per heavy atom. The van der Waals surface area contributed by atoms with E-state index in [0.29, 0.717) is 28.4 Å². The van der Waals surface area contributed by atoms with Gasteiger partial charge in [0.15, 0.2) is 11.5 Å². The van der Waals surface area contributed by atoms with E-state index in [1.54, 1.807) is 30.3 Å². The van der Waals surface area contributed by atoms with E-state index >= 15 is 0 Å². The SMILES string of the molecule is COc1cc(CNS(=O)(=O)c2nnc(NC(=O)c3cccc(C)c3)s2)cc(OC)c1OC. The van der Waals surface area contributed by atoms with Crippen LogP contribution in [0.5, 0.6) is 17.2 Å². The summed E-state index contributed by atoms with van der Waals surface area (Å²) in [6.45, 7) is 1.82. The van der Waals surface area contributed by atoms with Crippen molar-refractivity contribution in [3.8, 4) is 17.2 Å². The number of nitrogens with one attached hydrogen (secondary N) is 2. The molecule has 32 heavy (non-hydrogen) atoms. The van der Waals surface area contributed by atoms with Gasteiger partial charge in [0.1, 0.15) is 0 Å². The fraction of sp³-hybridized carbons (Fsp3) is 0.250. The largest absolute Gasteiger partial charge is 0.493 e. The quantitative estimate of drug-likeness (QED) is 0.449. The zero-order chi connectivity index (χ0) is 23.3. The van der Waals surface area contributed by atoms with Crippen LogP contribution in [0, 0.1) is 6.92 Å². The van der Waals surface area contributed by atoms with Crippen LogP contribution in [0.25, 0.3) is 0 Å². The second-order valence-electron chi connectivity index (χ2n) is 6.55. The summed E-state index contributed by atoms with van der Waals surface area (Å²) in [4.78, 5) is 12.3. The van der Waals surface area contributed by atoms with Crippen molar-refractivity contribution >= 4 is 32.4 Å². The Balaban J connectivity index is 1.72. The lowest BCUT2D eigenvalue weighted by atomic mass is 10.1. The van der Waals surface area contributed by atoms with Gasteiger partial charge >= 0.3 is 0 Å². The van der Waals surface area contributed by atoms with E-state index < -0.39 is 15.9 Å². The van der Waals surface area contributed by atoms with Crippen molar-refractivity contribution in [1.29, 1.82) is 0 Å². The van der Waals surface area contributed by atoms with E-state index in [4.69, 9.17) is 14.2 Å². The third-order valence-corrected chi connectivity index (χ3v) is 6.94. The van der Waals surface area contributed by atoms with E-state index in [1.807, 2.05) is 13.0 Å². The maximum Gasteiger partial charge on any atom is 0.270 e. The number of sulfonamides is 1. The van der Waals surface area contributed by atoms with Gasteiger partial charge < -0.3 is 14.2 Å². The molecule has 2 N–H and O–H groups in total. The van der Waals surface area contributed by atoms with Crippen LogP contribution in [0.4, 0.5) is 5.13 Å². The molecule has 1 amide bonds. The van der Waals surface area contributed by atoms with E-state index in [0.717, 1.165) is 16.9 Å². The molecule has 2 aromatic carbocycles. The average Bonchev–Trinajstić information content (AvgIpc) is 3.26. The highest BCUT2D eigenvalue weighted by Crippen LogP contribution is 2.38. The summed E-state index contributed by atoms with van der Waals surface area (Å²) < 4.78 is 43.3. The third-order valence-electron chi connectivity index (χ3n) is 4.33. The normalized spacial score (nSPS) is 11.1. The van der Waals surface area contributed by atoms with E-state index in [-0.39, 0.29) is 16.0 Å². The number of benzene rings is 2. The van der Waals surface area contributed by atoms with Crippen molar-refractivity contribution in [3.05, 3.63) is 53.1 Å². The fourth-order valence-corrected chi connectivity index (χ4v) is 4.76. The summed E-state index contributed by atoms with van der Waals surface area (Å²) in [6, 6.07) is 10.3. The number of ether oxygens (including phenoxy) is 3. The van der Waals surface area contributed by atoms with Crippen molar-refractivity contribution < 1.29 is 27.4 Å². The Labute approximate surface area is 189 Å². The molecule has 0 atom stereocenters. The molecule has 0 aliphatic carbocycles. The highest BCUT2D eigenvalue weighted by Gasteiger charge is 2.22. The topological polar surface area (TPSA) is 129 Å². The average molecular weight is 479 g/mol. The lowest BCUT2D eigenvalue weighted by Crippen LogP contribution is -2.23. The number of amides is 1. The molecule has 1 aromatic heterocycles. The molecule has 0 aliphatic rings. The number of methoxy groups -OCH3 is 3. The minimum atomic E-state index is -3.97. The zero-order valence-corrected chi connectivity index (χ0v) is 19.5. The number of rotatable bonds is 9. The Kier molecular flexibility index (Phi) is 7.28. The molecular weight excluding hydrogens is 456 g/mol. The molecule has 3 aromatic rings. The van der Waals surface area contributed by atoms with E-state index in [9.17, 15) is 13.2 Å². The molecule has 0 fully saturated rings. The van der Waals surface area contributed by atoms with Crippen molar-refractivity contribution in [2.24, 2.45) is 0 Å². The summed E-state index contributed by atoms with van der Waals surface area (Å²) >= 11 is 0.750. The lowest BCUT2D eigenvalue weighted by Gasteiger charge is -2.14. The van der Waals surface area contributed by atoms with Crippen molar-refractivity contribution in [2.75, 3.05) is 26.6 Å². The molecule has 170 valence electrons. The standard InChI is InChI=1S/C20H22N4O6S2/c1-12-6-5-7-14(8-12)18(25)22-19-23-24-20(31-19)32(26,27)21-11-13-9-15(28-2)17(30-4)16(10-13)29-3/h5-10,21H,11H2,1-4H3,(H,22,23,25). The maximum atomic E-state index is 12.6. The van der Waals surface area contributed by atoms with Gasteiger partial charge in [-0.1, -0.05) is 29.0 Å². The first kappa shape index (κ1) is 23.4. The molecule has 0 saturated heterocycles. The van der Waals surface area contributed by atoms with Gasteiger partial charge in [-0.15, -0.1) is 10.2 Å². The van der Waals surface area contributed by atoms with Crippen molar-refractivity contribution in [1.82, 2.24) is 14.9 Å². The predicted molar refractivity (Wildman–Crippen MR) is 119 cm³/mol. The first-order valence-corrected chi connectivity index (χ1v) is 11.6. The molecule has 12 heteroatoms. The van der Waals surface area contributed by atoms with Crippen LogP contribution in [-0.4, -0.2) is 45.9 Å². The Morgan fingerprint density at radius 1 is 1.03 bits per heavy atom. The summed E-state index contributed by atoms with van der Waals surface area (Å²) in [6.07, 6.45) is 0. The molecule has 0 saturated carbocycles. The van der Waals surface area contributed by atoms with Crippen LogP contribution >= 0.6 is 11.3 Å². The van der Waals surface area contributed by atoms with Crippen LogP contribution in [0.15, 0.2) is 40.7 Å². The highest BCUT2D eigenvalue weighted by atomic mass is 32.2. The molecule has 0 unspecified atom stereocenters. The first-order chi connectivity index (χ1) is 15.3. The van der Waals surface area contributed by atoms with Gasteiger partial charge in [0.25, 0.3) is 15.9 Å². The third kappa shape index (κ3) is 5.33. The number of aryl methyl sites for hydroxylation is 1. The molecule has 3 rings (SSSR count). The van der Waals surface area contributed by atoms with Crippen LogP contribution < -0.4 is 24.2 Å². The van der Waals surface area contributed by atoms with Gasteiger partial charge in [-0.2, -0.15) is 0 Å². The Hall–Kier alpha value is -3.22. The number of anilines is 1. The van der Waals surface area contributed by atoms with Gasteiger partial charge in [0, 0.05) is 12.1 Å². The summed E-state index contributed by atoms with van der Waals surface area (Å²) in [5.41, 5.74) is 1.94. The first-order valence-electron chi connectivity index (χ1n) is 9.27. The summed E-state index contributed by atoms with van der Waals surface area (Å²) in [7, 11) is 0.453. The van der Waals surface area contributed by atoms with E-state index in [2.05, 4.69) is 20.2 Å². The molecule has 0 radical (unpaired) electrons. The minimum Gasteiger partial charge on any atom is -0.493 e. The Bertz CT molecular complexity index is 1200. The maximum absolute atomic E-state index is 12.6. The van der Waals surface area contributed by atoms with Gasteiger partial charge in [-0.05, 0) is 36.8 Å². The molecule has 10 nitrogen and oxygen atoms in total. The van der Waals surface area contributed by atoms with Gasteiger partial charge in [0.2, 0.25) is 15.2 Å². The number of hydrogen-bond donors (Lipinski definition) is 2. The second kappa shape index (κ2) is 9.94. The predicted octanol–water partition coefficient (Wildman–Crippen LogP) is 2.60. The number of carbonyl (C=O) groups is 1. The lowest BCUT2D eigenvalue weighted by molar-refractivity contribution is 0.102. The summed E-state index contributed by atoms with van der Waals surface area (Å²) in [5.74, 6) is 0.801. The van der Waals surface area contributed by atoms with Crippen LogP contribution in [0.3, 0.4) is 0 Å². The van der Waals surface area contributed by atoms with Crippen molar-refractivity contribution in [3.63, 3.8) is 0 Å². The number of nitrogens with zero attached hydrogens (tertiary/aromatic N) is 2. The highest BCUT2D eigenvalue weighted by molar-refractivity contribution is 7.91. The van der Waals surface area contributed by atoms with E-state index in [1.165, 1.54) is 21.3 Å². The zero-order valence-electron chi connectivity index (χ0n) is 17.8. The minimum absolute atomic E-state index is 0.0520. The van der Waals surface area contributed by atoms with Crippen LogP contribution in [0.2, 0.25) is 0 Å². The molecule has 0 bridgehead atoms. The van der Waals surface area contributed by atoms with Gasteiger partial charge in [-0.3, -0.25) is 10.1 Å². The number of carbonyl (C=O) groups excluding carboxylic acids is 1. The second-order valence-corrected chi connectivity index (χ2v) is 9.47. The Morgan fingerprint density at radius 2 is 1.72 bits per heavy atom. The smallest absolute Gasteiger partial charge is 0.270 e. The number of aromatic nitrogens is 2. The van der Waals surface area contributed by atoms with Gasteiger partial charge in [0.05, 0.1) is 21.3 Å². The monoisotopic (exact) mass is 478 g/mol. The fourth-order valence-electron chi connectivity index (χ4n) is 2.80. The van der Waals surface area contributed by atoms with Gasteiger partial charge in [-0.25, -0.2) is 13.1 Å². The van der Waals surface area contributed by atoms with Crippen LogP contribution in [0.1, 0.15) is 21.5 Å². The molecule has 0 spiro atoms. The van der Waals surface area contributed by atoms with Crippen LogP contribution in [-0.2, 0) is 16.6 Å². The number of hydrogen-bond acceptors (Lipinski definition) is 9. The molecule has 1 heterocycles. The van der Waals surface area contributed by atoms with Crippen molar-refractivity contribution in [2.45, 2.75) is 17.8 Å². The molecule has 0 aliphatic heterocycles.